The van der Waals surface area contributed by atoms with Crippen LogP contribution in [0.5, 0.6) is 11.5 Å². The summed E-state index contributed by atoms with van der Waals surface area (Å²) in [6.07, 6.45) is 8.38. The molecule has 0 saturated carbocycles. The quantitative estimate of drug-likeness (QED) is 0.123. The molecule has 5 nitrogen and oxygen atoms in total. The van der Waals surface area contributed by atoms with Gasteiger partial charge in [-0.2, -0.15) is 0 Å². The zero-order chi connectivity index (χ0) is 62.5. The number of ether oxygens (including phenoxy) is 1. The highest BCUT2D eigenvalue weighted by Gasteiger charge is 2.39. The van der Waals surface area contributed by atoms with Gasteiger partial charge in [-0.15, -0.1) is 0 Å². The highest BCUT2D eigenvalue weighted by molar-refractivity contribution is 6.10. The molecule has 5 heteroatoms. The van der Waals surface area contributed by atoms with E-state index in [1.165, 1.54) is 72.1 Å². The molecule has 446 valence electrons. The minimum atomic E-state index is -0.0984. The first kappa shape index (κ1) is 57.9. The largest absolute Gasteiger partial charge is 0.458 e. The lowest BCUT2D eigenvalue weighted by atomic mass is 9.62. The van der Waals surface area contributed by atoms with E-state index < -0.39 is 0 Å². The molecular formula is C84H84N4O. The number of imidazole rings is 1. The second-order valence-electron chi connectivity index (χ2n) is 31.0. The van der Waals surface area contributed by atoms with E-state index in [2.05, 4.69) is 319 Å². The molecule has 0 N–H and O–H groups in total. The third kappa shape index (κ3) is 10.0. The van der Waals surface area contributed by atoms with Gasteiger partial charge in [-0.25, -0.2) is 4.98 Å². The first-order valence-electron chi connectivity index (χ1n) is 32.1. The molecular weight excluding hydrogens is 1080 g/mol. The highest BCUT2D eigenvalue weighted by Crippen LogP contribution is 2.53. The Hall–Kier alpha value is -8.80. The fourth-order valence-corrected chi connectivity index (χ4v) is 14.1. The van der Waals surface area contributed by atoms with Crippen molar-refractivity contribution in [2.24, 2.45) is 0 Å². The highest BCUT2D eigenvalue weighted by atomic mass is 16.5. The van der Waals surface area contributed by atoms with Gasteiger partial charge in [0.15, 0.2) is 0 Å². The molecule has 12 aromatic rings. The number of benzene rings is 9. The fraction of sp³-hybridized carbons (Fsp3) is 0.286. The van der Waals surface area contributed by atoms with E-state index in [9.17, 15) is 0 Å². The van der Waals surface area contributed by atoms with Crippen LogP contribution < -0.4 is 9.30 Å². The molecule has 0 bridgehead atoms. The monoisotopic (exact) mass is 1160 g/mol. The van der Waals surface area contributed by atoms with Crippen LogP contribution in [0.4, 0.5) is 0 Å². The summed E-state index contributed by atoms with van der Waals surface area (Å²) >= 11 is 0. The Labute approximate surface area is 527 Å². The molecule has 0 atom stereocenters. The lowest BCUT2D eigenvalue weighted by Crippen LogP contribution is -2.34. The zero-order valence-corrected chi connectivity index (χ0v) is 55.1. The molecule has 0 unspecified atom stereocenters. The molecule has 1 aliphatic heterocycles. The molecule has 0 radical (unpaired) electrons. The lowest BCUT2D eigenvalue weighted by Gasteiger charge is -2.42. The van der Waals surface area contributed by atoms with Gasteiger partial charge in [-0.3, -0.25) is 13.7 Å². The van der Waals surface area contributed by atoms with Crippen LogP contribution in [0.25, 0.3) is 106 Å². The van der Waals surface area contributed by atoms with Crippen molar-refractivity contribution in [3.8, 4) is 84.3 Å². The van der Waals surface area contributed by atoms with E-state index in [4.69, 9.17) is 9.72 Å². The van der Waals surface area contributed by atoms with Gasteiger partial charge in [-0.05, 0) is 195 Å². The lowest BCUT2D eigenvalue weighted by molar-refractivity contribution is -0.570. The molecule has 0 fully saturated rings. The minimum Gasteiger partial charge on any atom is -0.458 e. The summed E-state index contributed by atoms with van der Waals surface area (Å²) in [7, 11) is 0. The van der Waals surface area contributed by atoms with E-state index in [0.717, 1.165) is 91.2 Å². The van der Waals surface area contributed by atoms with Gasteiger partial charge in [-0.1, -0.05) is 232 Å². The number of aromatic nitrogens is 4. The minimum absolute atomic E-state index is 0.00502. The summed E-state index contributed by atoms with van der Waals surface area (Å²) in [5.74, 6) is 2.34. The van der Waals surface area contributed by atoms with Crippen molar-refractivity contribution in [3.05, 3.63) is 234 Å². The molecule has 1 aliphatic carbocycles. The van der Waals surface area contributed by atoms with Crippen molar-refractivity contribution in [1.29, 1.82) is 0 Å². The van der Waals surface area contributed by atoms with E-state index in [1.54, 1.807) is 0 Å². The SMILES string of the molecule is CC(C)(C)c1ccc(-c2cc3c4c(c2)n(-c2cccc(Oc5ccc6c7ccccc7n(-c7cc(C(C)(C)C)ccn7)c6c5)c2)[c-][n+]4-c2c(-c4cc(C(C)(C)C)cc(C(C)(C)C)c4)cccc2-c2cc4c(cc2-c2ccccc2-3)C(C)(C)CCC4(C)C)cc1. The molecule has 9 aromatic carbocycles. The normalized spacial score (nSPS) is 14.6. The van der Waals surface area contributed by atoms with Crippen molar-refractivity contribution >= 4 is 32.8 Å². The second kappa shape index (κ2) is 20.4. The van der Waals surface area contributed by atoms with Crippen LogP contribution in [0.1, 0.15) is 157 Å². The number of fused-ring (bicyclic) bond motifs is 11. The van der Waals surface area contributed by atoms with Crippen LogP contribution in [0.2, 0.25) is 0 Å². The van der Waals surface area contributed by atoms with Crippen molar-refractivity contribution in [3.63, 3.8) is 0 Å². The summed E-state index contributed by atoms with van der Waals surface area (Å²) in [5.41, 5.74) is 25.9. The molecule has 89 heavy (non-hydrogen) atoms. The molecule has 2 aliphatic rings. The second-order valence-corrected chi connectivity index (χ2v) is 31.0. The first-order valence-corrected chi connectivity index (χ1v) is 32.1. The summed E-state index contributed by atoms with van der Waals surface area (Å²) in [6, 6.07) is 70.9. The standard InChI is InChI=1S/C84H84N4O/c1-79(2,3)55-33-31-52(32-34-55)53-43-70-64-26-18-17-25-63(64)68-49-71-72(84(15,16)39-38-83(71,13)14)50-69(68)67-29-22-28-62(54-41-57(81(7,8)9)45-58(42-54)82(10,11)12)77(67)87-51-86(75(44-53)78(70)87)59-23-21-24-60(47-59)89-61-35-36-66-65-27-19-20-30-73(65)88(74(66)48-61)76-46-56(37-40-85-76)80(4,5)6/h17-37,40-50H,38-39H2,1-16H3. The van der Waals surface area contributed by atoms with E-state index in [-0.39, 0.29) is 32.5 Å². The topological polar surface area (TPSA) is 35.9 Å². The Kier molecular flexibility index (Phi) is 13.3. The number of hydrogen-bond donors (Lipinski definition) is 0. The maximum absolute atomic E-state index is 7.09. The van der Waals surface area contributed by atoms with E-state index in [0.29, 0.717) is 0 Å². The number of nitrogens with zero attached hydrogens (tertiary/aromatic N) is 4. The molecule has 3 aromatic heterocycles. The summed E-state index contributed by atoms with van der Waals surface area (Å²) in [5, 5.41) is 2.32. The Bertz CT molecular complexity index is 4800. The van der Waals surface area contributed by atoms with Crippen LogP contribution in [0, 0.1) is 6.33 Å². The van der Waals surface area contributed by atoms with Gasteiger partial charge in [0.25, 0.3) is 6.33 Å². The van der Waals surface area contributed by atoms with Crippen molar-refractivity contribution in [1.82, 2.24) is 14.1 Å². The van der Waals surface area contributed by atoms with Gasteiger partial charge < -0.3 is 4.74 Å². The van der Waals surface area contributed by atoms with Gasteiger partial charge >= 0.3 is 0 Å². The smallest absolute Gasteiger partial charge is 0.269 e. The Morgan fingerprint density at radius 1 is 0.416 bits per heavy atom. The van der Waals surface area contributed by atoms with Gasteiger partial charge in [0.05, 0.1) is 33.4 Å². The van der Waals surface area contributed by atoms with Gasteiger partial charge in [0, 0.05) is 23.0 Å². The Balaban J connectivity index is 1.05. The maximum Gasteiger partial charge on any atom is 0.269 e. The molecule has 0 spiro atoms. The van der Waals surface area contributed by atoms with Crippen molar-refractivity contribution in [2.75, 3.05) is 0 Å². The van der Waals surface area contributed by atoms with Gasteiger partial charge in [0.1, 0.15) is 17.3 Å². The van der Waals surface area contributed by atoms with Crippen molar-refractivity contribution < 1.29 is 9.30 Å². The Morgan fingerprint density at radius 2 is 0.989 bits per heavy atom. The van der Waals surface area contributed by atoms with E-state index >= 15 is 0 Å². The zero-order valence-electron chi connectivity index (χ0n) is 55.1. The average molecular weight is 1170 g/mol. The molecule has 0 saturated heterocycles. The van der Waals surface area contributed by atoms with Crippen LogP contribution in [-0.4, -0.2) is 14.1 Å². The number of para-hydroxylation sites is 2. The predicted octanol–water partition coefficient (Wildman–Crippen LogP) is 22.2. The summed E-state index contributed by atoms with van der Waals surface area (Å²) in [4.78, 5) is 4.98. The maximum atomic E-state index is 7.09. The third-order valence-electron chi connectivity index (χ3n) is 19.7. The van der Waals surface area contributed by atoms with Crippen LogP contribution >= 0.6 is 0 Å². The third-order valence-corrected chi connectivity index (χ3v) is 19.7. The molecule has 4 heterocycles. The number of hydrogen-bond acceptors (Lipinski definition) is 2. The molecule has 0 amide bonds. The van der Waals surface area contributed by atoms with Crippen LogP contribution in [0.3, 0.4) is 0 Å². The first-order chi connectivity index (χ1) is 42.1. The number of pyridine rings is 1. The fourth-order valence-electron chi connectivity index (χ4n) is 14.1. The summed E-state index contributed by atoms with van der Waals surface area (Å²) in [6.45, 7) is 37.5. The summed E-state index contributed by atoms with van der Waals surface area (Å²) < 4.78 is 14.1. The van der Waals surface area contributed by atoms with E-state index in [1.807, 2.05) is 6.20 Å². The van der Waals surface area contributed by atoms with Crippen molar-refractivity contribution in [2.45, 2.75) is 156 Å². The van der Waals surface area contributed by atoms with Gasteiger partial charge in [0.2, 0.25) is 0 Å². The van der Waals surface area contributed by atoms with Crippen LogP contribution in [-0.2, 0) is 32.5 Å². The molecule has 14 rings (SSSR count). The number of rotatable bonds is 6. The predicted molar refractivity (Wildman–Crippen MR) is 373 cm³/mol. The van der Waals surface area contributed by atoms with Crippen LogP contribution in [0.15, 0.2) is 194 Å². The average Bonchev–Trinajstić information content (AvgIpc) is 1.66. The Morgan fingerprint density at radius 3 is 1.65 bits per heavy atom.